The molecule has 444 valence electrons. The number of carboxylic acid groups (broad SMARTS) is 1. The lowest BCUT2D eigenvalue weighted by Crippen LogP contribution is -2.16. The van der Waals surface area contributed by atoms with E-state index < -0.39 is 17.8 Å². The highest BCUT2D eigenvalue weighted by atomic mass is 32.1. The Morgan fingerprint density at radius 1 is 0.440 bits per heavy atom. The van der Waals surface area contributed by atoms with E-state index in [1.165, 1.54) is 52.5 Å². The molecule has 2 atom stereocenters. The third-order valence-electron chi connectivity index (χ3n) is 13.6. The number of esters is 1. The molecule has 0 saturated heterocycles. The maximum atomic E-state index is 12.8. The Hall–Kier alpha value is -7.70. The summed E-state index contributed by atoms with van der Waals surface area (Å²) in [6.45, 7) is 9.38. The van der Waals surface area contributed by atoms with Crippen LogP contribution in [0.2, 0.25) is 0 Å². The molecule has 0 aliphatic heterocycles. The fraction of sp³-hybridized carbons (Fsp3) is 0.375. The van der Waals surface area contributed by atoms with Crippen LogP contribution in [0.1, 0.15) is 141 Å². The smallest absolute Gasteiger partial charge is 0.373 e. The number of Topliss-reactive ketones (excluding diaryl/α,β-unsaturated/α-hetero) is 4. The van der Waals surface area contributed by atoms with Crippen LogP contribution < -0.4 is 18.9 Å². The monoisotopic (exact) mass is 1220 g/mol. The highest BCUT2D eigenvalue weighted by Gasteiger charge is 2.23. The fourth-order valence-electron chi connectivity index (χ4n) is 9.44. The number of hydrogen-bond donors (Lipinski definition) is 1. The summed E-state index contributed by atoms with van der Waals surface area (Å²) in [4.78, 5) is 109. The van der Waals surface area contributed by atoms with Crippen LogP contribution in [0.15, 0.2) is 72.8 Å². The van der Waals surface area contributed by atoms with E-state index >= 15 is 0 Å². The molecule has 4 heterocycles. The van der Waals surface area contributed by atoms with E-state index in [1.807, 2.05) is 55.5 Å². The molecule has 0 aliphatic carbocycles. The summed E-state index contributed by atoms with van der Waals surface area (Å²) in [5, 5.41) is 13.2. The van der Waals surface area contributed by atoms with Gasteiger partial charge in [-0.1, -0.05) is 34.6 Å². The lowest BCUT2D eigenvalue weighted by atomic mass is 10.00. The molecule has 8 aromatic rings. The SMILES string of the molecule is CCCC(=O)c1cc2cc(CCCc3cc4cc(C(=O)C[C@H](C)C(=O)O)sc4cc3OC)c(OC)cc2s1.COC(=O)[C@@H](C)CC(=O)c1cc2cc(CCCc3cc4cc(C(=O)CC(C)C)sc4cc3OC)c(OC)cc2s1.O=C=O.O=C=O. The van der Waals surface area contributed by atoms with Crippen LogP contribution in [0.25, 0.3) is 40.3 Å². The Morgan fingerprint density at radius 3 is 0.988 bits per heavy atom. The van der Waals surface area contributed by atoms with Gasteiger partial charge in [0.1, 0.15) is 23.0 Å². The second-order valence-corrected chi connectivity index (χ2v) is 24.6. The third-order valence-corrected chi connectivity index (χ3v) is 18.2. The summed E-state index contributed by atoms with van der Waals surface area (Å²) < 4.78 is 31.5. The van der Waals surface area contributed by atoms with Crippen LogP contribution >= 0.6 is 45.3 Å². The largest absolute Gasteiger partial charge is 0.496 e. The Morgan fingerprint density at radius 2 is 0.726 bits per heavy atom. The van der Waals surface area contributed by atoms with Gasteiger partial charge in [-0.3, -0.25) is 28.8 Å². The number of aliphatic carboxylic acids is 1. The molecule has 4 aromatic heterocycles. The molecular weight excluding hydrogens is 1150 g/mol. The number of hydrogen-bond acceptors (Lipinski definition) is 19. The molecule has 1 N–H and O–H groups in total. The van der Waals surface area contributed by atoms with E-state index in [2.05, 4.69) is 38.1 Å². The number of methoxy groups -OCH3 is 5. The van der Waals surface area contributed by atoms with Gasteiger partial charge >= 0.3 is 24.2 Å². The summed E-state index contributed by atoms with van der Waals surface area (Å²) in [5.74, 6) is 1.17. The molecular formula is C64H68O16S4. The molecule has 16 nitrogen and oxygen atoms in total. The summed E-state index contributed by atoms with van der Waals surface area (Å²) in [7, 11) is 7.99. The van der Waals surface area contributed by atoms with Crippen LogP contribution in [0.3, 0.4) is 0 Å². The van der Waals surface area contributed by atoms with Crippen LogP contribution in [0.4, 0.5) is 0 Å². The summed E-state index contributed by atoms with van der Waals surface area (Å²) in [6, 6.07) is 24.2. The number of thiophene rings is 4. The molecule has 0 spiro atoms. The van der Waals surface area contributed by atoms with Crippen molar-refractivity contribution in [2.45, 2.75) is 105 Å². The first-order valence-electron chi connectivity index (χ1n) is 27.0. The Balaban J connectivity index is 0.000000281. The van der Waals surface area contributed by atoms with Gasteiger partial charge in [0.2, 0.25) is 0 Å². The average Bonchev–Trinajstić information content (AvgIpc) is 3.05. The topological polar surface area (TPSA) is 237 Å². The average molecular weight is 1220 g/mol. The first kappa shape index (κ1) is 67.1. The van der Waals surface area contributed by atoms with Gasteiger partial charge in [0, 0.05) is 44.5 Å². The Labute approximate surface area is 503 Å². The zero-order valence-electron chi connectivity index (χ0n) is 48.6. The fourth-order valence-corrected chi connectivity index (χ4v) is 13.5. The molecule has 0 aliphatic rings. The van der Waals surface area contributed by atoms with Crippen molar-refractivity contribution in [3.05, 3.63) is 115 Å². The minimum atomic E-state index is -0.969. The van der Waals surface area contributed by atoms with Crippen molar-refractivity contribution in [3.63, 3.8) is 0 Å². The van der Waals surface area contributed by atoms with Crippen LogP contribution in [-0.4, -0.2) is 88.0 Å². The maximum absolute atomic E-state index is 12.8. The molecule has 0 fully saturated rings. The molecule has 0 amide bonds. The predicted octanol–water partition coefficient (Wildman–Crippen LogP) is 14.3. The van der Waals surface area contributed by atoms with Crippen molar-refractivity contribution in [2.75, 3.05) is 35.5 Å². The van der Waals surface area contributed by atoms with Gasteiger partial charge in [-0.25, -0.2) is 0 Å². The van der Waals surface area contributed by atoms with Crippen molar-refractivity contribution >= 4 is 133 Å². The number of ether oxygens (including phenoxy) is 5. The van der Waals surface area contributed by atoms with Crippen molar-refractivity contribution in [3.8, 4) is 23.0 Å². The van der Waals surface area contributed by atoms with Crippen molar-refractivity contribution in [1.29, 1.82) is 0 Å². The Bertz CT molecular complexity index is 3700. The maximum Gasteiger partial charge on any atom is 0.373 e. The van der Waals surface area contributed by atoms with Crippen LogP contribution in [0, 0.1) is 17.8 Å². The standard InChI is InChI=1S/C32H36O6S2.C30H32O6S2.2CO2/c1-18(2)10-24(33)30-14-22-12-20(26(36-4)16-28(22)39-30)8-7-9-21-13-23-15-31(40-29(23)17-27(21)37-5)25(34)11-19(3)32(35)38-6;1-5-7-22(31)28-13-20-11-18(24(35-3)15-26(20)37-28)8-6-9-19-12-21-14-29(23(32)10-17(2)30(33)34)38-27(21)16-25(19)36-4;2*2-1-3/h12-19H,7-11H2,1-6H3;11-17H,5-10H2,1-4H3,(H,33,34);;/t19-;17-;;/m00../s1. The van der Waals surface area contributed by atoms with Crippen LogP contribution in [-0.2, 0) is 59.2 Å². The second kappa shape index (κ2) is 32.4. The van der Waals surface area contributed by atoms with Gasteiger partial charge in [0.15, 0.2) is 23.1 Å². The van der Waals surface area contributed by atoms with E-state index in [0.29, 0.717) is 28.5 Å². The van der Waals surface area contributed by atoms with Crippen molar-refractivity contribution < 1.29 is 76.7 Å². The van der Waals surface area contributed by atoms with E-state index in [9.17, 15) is 28.8 Å². The van der Waals surface area contributed by atoms with Gasteiger partial charge in [-0.05, 0) is 167 Å². The minimum absolute atomic E-state index is 0.0172. The highest BCUT2D eigenvalue weighted by molar-refractivity contribution is 7.22. The van der Waals surface area contributed by atoms with E-state index in [1.54, 1.807) is 42.3 Å². The number of fused-ring (bicyclic) bond motifs is 4. The zero-order valence-corrected chi connectivity index (χ0v) is 51.9. The molecule has 20 heteroatoms. The molecule has 0 radical (unpaired) electrons. The zero-order chi connectivity index (χ0) is 61.8. The van der Waals surface area contributed by atoms with Gasteiger partial charge < -0.3 is 28.8 Å². The first-order chi connectivity index (χ1) is 40.2. The molecule has 0 unspecified atom stereocenters. The first-order valence-corrected chi connectivity index (χ1v) is 30.3. The molecule has 0 bridgehead atoms. The number of rotatable bonds is 26. The van der Waals surface area contributed by atoms with Crippen molar-refractivity contribution in [2.24, 2.45) is 17.8 Å². The third kappa shape index (κ3) is 17.9. The quantitative estimate of drug-likeness (QED) is 0.0392. The van der Waals surface area contributed by atoms with Crippen molar-refractivity contribution in [1.82, 2.24) is 0 Å². The van der Waals surface area contributed by atoms with E-state index in [4.69, 9.17) is 48.0 Å². The summed E-state index contributed by atoms with van der Waals surface area (Å²) >= 11 is 5.84. The summed E-state index contributed by atoms with van der Waals surface area (Å²) in [6.07, 6.45) is 7.47. The van der Waals surface area contributed by atoms with E-state index in [0.717, 1.165) is 140 Å². The normalized spacial score (nSPS) is 11.5. The van der Waals surface area contributed by atoms with Gasteiger partial charge in [-0.2, -0.15) is 19.2 Å². The number of aryl methyl sites for hydroxylation is 4. The number of carbonyl (C=O) groups excluding carboxylic acids is 9. The minimum Gasteiger partial charge on any atom is -0.496 e. The second-order valence-electron chi connectivity index (χ2n) is 20.2. The van der Waals surface area contributed by atoms with Gasteiger partial charge in [-0.15, -0.1) is 45.3 Å². The van der Waals surface area contributed by atoms with Crippen LogP contribution in [0.5, 0.6) is 23.0 Å². The highest BCUT2D eigenvalue weighted by Crippen LogP contribution is 2.39. The molecule has 84 heavy (non-hydrogen) atoms. The number of benzene rings is 4. The van der Waals surface area contributed by atoms with E-state index in [-0.39, 0.29) is 54.2 Å². The molecule has 0 saturated carbocycles. The lowest BCUT2D eigenvalue weighted by Gasteiger charge is -2.11. The van der Waals surface area contributed by atoms with Gasteiger partial charge in [0.05, 0.1) is 66.9 Å². The number of ketones is 4. The Kier molecular flexibility index (Phi) is 25.9. The predicted molar refractivity (Wildman–Crippen MR) is 326 cm³/mol. The number of carbonyl (C=O) groups is 6. The molecule has 4 aromatic carbocycles. The summed E-state index contributed by atoms with van der Waals surface area (Å²) in [5.41, 5.74) is 4.34. The van der Waals surface area contributed by atoms with Gasteiger partial charge in [0.25, 0.3) is 0 Å². The number of carboxylic acids is 1. The lowest BCUT2D eigenvalue weighted by molar-refractivity contribution is -0.193. The molecule has 8 rings (SSSR count).